The Hall–Kier alpha value is -1.04. The Kier molecular flexibility index (Phi) is 4.99. The first-order valence-corrected chi connectivity index (χ1v) is 6.69. The molecule has 0 saturated heterocycles. The molecule has 0 aliphatic carbocycles. The lowest BCUT2D eigenvalue weighted by Crippen LogP contribution is -2.19. The van der Waals surface area contributed by atoms with Gasteiger partial charge in [-0.1, -0.05) is 25.9 Å². The lowest BCUT2D eigenvalue weighted by molar-refractivity contribution is -0.139. The number of hydrogen-bond acceptors (Lipinski definition) is 5. The van der Waals surface area contributed by atoms with Crippen molar-refractivity contribution in [1.29, 1.82) is 0 Å². The van der Waals surface area contributed by atoms with E-state index in [1.54, 1.807) is 11.8 Å². The van der Waals surface area contributed by atoms with E-state index in [0.29, 0.717) is 18.1 Å². The molecule has 6 heteroatoms. The monoisotopic (exact) mass is 258 g/mol. The number of rotatable bonds is 7. The highest BCUT2D eigenvalue weighted by Crippen LogP contribution is 2.25. The lowest BCUT2D eigenvalue weighted by Gasteiger charge is -2.19. The Morgan fingerprint density at radius 2 is 2.24 bits per heavy atom. The van der Waals surface area contributed by atoms with Crippen LogP contribution in [0.5, 0.6) is 0 Å². The Bertz CT molecular complexity index is 377. The van der Waals surface area contributed by atoms with Crippen LogP contribution in [0.4, 0.5) is 0 Å². The van der Waals surface area contributed by atoms with Crippen molar-refractivity contribution in [2.75, 3.05) is 5.75 Å². The van der Waals surface area contributed by atoms with E-state index in [1.165, 1.54) is 0 Å². The molecule has 1 N–H and O–H groups in total. The highest BCUT2D eigenvalue weighted by Gasteiger charge is 2.25. The highest BCUT2D eigenvalue weighted by atomic mass is 32.2. The van der Waals surface area contributed by atoms with E-state index in [2.05, 4.69) is 17.1 Å². The molecular formula is C11H18N2O3S. The zero-order valence-corrected chi connectivity index (χ0v) is 11.2. The summed E-state index contributed by atoms with van der Waals surface area (Å²) in [5.74, 6) is 2.13. The van der Waals surface area contributed by atoms with E-state index in [-0.39, 0.29) is 11.8 Å². The number of thioether (sulfide) groups is 1. The van der Waals surface area contributed by atoms with Crippen molar-refractivity contribution in [2.45, 2.75) is 39.4 Å². The Labute approximate surface area is 105 Å². The molecular weight excluding hydrogens is 240 g/mol. The number of carboxylic acid groups (broad SMARTS) is 1. The summed E-state index contributed by atoms with van der Waals surface area (Å²) in [5.41, 5.74) is -0.368. The summed E-state index contributed by atoms with van der Waals surface area (Å²) in [6.45, 7) is 5.83. The molecule has 1 aromatic heterocycles. The van der Waals surface area contributed by atoms with E-state index < -0.39 is 5.97 Å². The van der Waals surface area contributed by atoms with Crippen molar-refractivity contribution >= 4 is 17.7 Å². The molecule has 0 saturated carbocycles. The van der Waals surface area contributed by atoms with Crippen molar-refractivity contribution in [1.82, 2.24) is 10.1 Å². The first-order chi connectivity index (χ1) is 7.93. The smallest absolute Gasteiger partial charge is 0.303 e. The van der Waals surface area contributed by atoms with E-state index in [4.69, 9.17) is 9.63 Å². The van der Waals surface area contributed by atoms with Crippen LogP contribution in [0, 0.1) is 5.41 Å². The number of carboxylic acids is 1. The lowest BCUT2D eigenvalue weighted by atomic mass is 9.86. The third-order valence-corrected chi connectivity index (χ3v) is 3.08. The van der Waals surface area contributed by atoms with Gasteiger partial charge in [-0.2, -0.15) is 16.7 Å². The molecule has 0 aliphatic rings. The molecule has 0 unspecified atom stereocenters. The SMILES string of the molecule is CCSCc1noc(CC(C)(C)CC(=O)O)n1. The maximum atomic E-state index is 10.7. The highest BCUT2D eigenvalue weighted by molar-refractivity contribution is 7.98. The Balaban J connectivity index is 2.56. The van der Waals surface area contributed by atoms with Gasteiger partial charge in [0.25, 0.3) is 0 Å². The van der Waals surface area contributed by atoms with Gasteiger partial charge in [-0.05, 0) is 11.2 Å². The van der Waals surface area contributed by atoms with Crippen LogP contribution in [0.15, 0.2) is 4.52 Å². The topological polar surface area (TPSA) is 76.2 Å². The third kappa shape index (κ3) is 5.21. The Morgan fingerprint density at radius 3 is 2.82 bits per heavy atom. The van der Waals surface area contributed by atoms with Gasteiger partial charge in [0, 0.05) is 6.42 Å². The molecule has 1 rings (SSSR count). The summed E-state index contributed by atoms with van der Waals surface area (Å²) in [5, 5.41) is 12.6. The average Bonchev–Trinajstić information content (AvgIpc) is 2.59. The predicted octanol–water partition coefficient (Wildman–Crippen LogP) is 2.37. The van der Waals surface area contributed by atoms with Crippen LogP contribution in [-0.2, 0) is 17.0 Å². The van der Waals surface area contributed by atoms with Gasteiger partial charge in [0.2, 0.25) is 5.89 Å². The van der Waals surface area contributed by atoms with Crippen molar-refractivity contribution in [3.05, 3.63) is 11.7 Å². The molecule has 0 amide bonds. The number of aromatic nitrogens is 2. The second kappa shape index (κ2) is 6.05. The van der Waals surface area contributed by atoms with Crippen LogP contribution >= 0.6 is 11.8 Å². The molecule has 0 aliphatic heterocycles. The standard InChI is InChI=1S/C11H18N2O3S/c1-4-17-7-8-12-9(16-13-8)5-11(2,3)6-10(14)15/h4-7H2,1-3H3,(H,14,15). The average molecular weight is 258 g/mol. The van der Waals surface area contributed by atoms with E-state index in [9.17, 15) is 4.79 Å². The van der Waals surface area contributed by atoms with Gasteiger partial charge >= 0.3 is 5.97 Å². The van der Waals surface area contributed by atoms with Gasteiger partial charge < -0.3 is 9.63 Å². The van der Waals surface area contributed by atoms with Crippen molar-refractivity contribution in [3.63, 3.8) is 0 Å². The molecule has 1 heterocycles. The summed E-state index contributed by atoms with van der Waals surface area (Å²) in [7, 11) is 0. The van der Waals surface area contributed by atoms with Crippen LogP contribution in [-0.4, -0.2) is 27.0 Å². The molecule has 0 atom stereocenters. The van der Waals surface area contributed by atoms with Crippen LogP contribution in [0.3, 0.4) is 0 Å². The van der Waals surface area contributed by atoms with E-state index in [1.807, 2.05) is 13.8 Å². The minimum atomic E-state index is -0.809. The van der Waals surface area contributed by atoms with E-state index >= 15 is 0 Å². The van der Waals surface area contributed by atoms with Crippen LogP contribution in [0.2, 0.25) is 0 Å². The minimum Gasteiger partial charge on any atom is -0.481 e. The summed E-state index contributed by atoms with van der Waals surface area (Å²) in [6.07, 6.45) is 0.581. The number of carbonyl (C=O) groups is 1. The van der Waals surface area contributed by atoms with Gasteiger partial charge in [0.15, 0.2) is 5.82 Å². The van der Waals surface area contributed by atoms with Crippen molar-refractivity contribution in [3.8, 4) is 0 Å². The molecule has 5 nitrogen and oxygen atoms in total. The molecule has 0 fully saturated rings. The summed E-state index contributed by atoms with van der Waals surface area (Å²) in [6, 6.07) is 0. The predicted molar refractivity (Wildman–Crippen MR) is 65.9 cm³/mol. The number of nitrogens with zero attached hydrogens (tertiary/aromatic N) is 2. The number of hydrogen-bond donors (Lipinski definition) is 1. The fraction of sp³-hybridized carbons (Fsp3) is 0.727. The van der Waals surface area contributed by atoms with Crippen LogP contribution in [0.1, 0.15) is 38.9 Å². The van der Waals surface area contributed by atoms with Gasteiger partial charge in [-0.3, -0.25) is 4.79 Å². The molecule has 1 aromatic rings. The second-order valence-electron chi connectivity index (χ2n) is 4.65. The van der Waals surface area contributed by atoms with Gasteiger partial charge in [-0.25, -0.2) is 0 Å². The van der Waals surface area contributed by atoms with Gasteiger partial charge in [0.05, 0.1) is 12.2 Å². The molecule has 0 radical (unpaired) electrons. The molecule has 17 heavy (non-hydrogen) atoms. The summed E-state index contributed by atoms with van der Waals surface area (Å²) in [4.78, 5) is 14.9. The molecule has 0 spiro atoms. The fourth-order valence-corrected chi connectivity index (χ4v) is 2.00. The minimum absolute atomic E-state index is 0.0917. The first-order valence-electron chi connectivity index (χ1n) is 5.54. The third-order valence-electron chi connectivity index (χ3n) is 2.20. The zero-order valence-electron chi connectivity index (χ0n) is 10.4. The van der Waals surface area contributed by atoms with Crippen LogP contribution in [0.25, 0.3) is 0 Å². The maximum Gasteiger partial charge on any atom is 0.303 e. The summed E-state index contributed by atoms with van der Waals surface area (Å²) >= 11 is 1.72. The van der Waals surface area contributed by atoms with Crippen molar-refractivity contribution in [2.24, 2.45) is 5.41 Å². The quantitative estimate of drug-likeness (QED) is 0.809. The Morgan fingerprint density at radius 1 is 1.53 bits per heavy atom. The first kappa shape index (κ1) is 14.0. The van der Waals surface area contributed by atoms with Gasteiger partial charge in [0.1, 0.15) is 0 Å². The largest absolute Gasteiger partial charge is 0.481 e. The van der Waals surface area contributed by atoms with Crippen molar-refractivity contribution < 1.29 is 14.4 Å². The molecule has 0 aromatic carbocycles. The van der Waals surface area contributed by atoms with E-state index in [0.717, 1.165) is 11.5 Å². The summed E-state index contributed by atoms with van der Waals surface area (Å²) < 4.78 is 5.11. The second-order valence-corrected chi connectivity index (χ2v) is 5.93. The van der Waals surface area contributed by atoms with Crippen LogP contribution < -0.4 is 0 Å². The fourth-order valence-electron chi connectivity index (χ4n) is 1.50. The maximum absolute atomic E-state index is 10.7. The zero-order chi connectivity index (χ0) is 12.9. The normalized spacial score (nSPS) is 11.7. The van der Waals surface area contributed by atoms with Gasteiger partial charge in [-0.15, -0.1) is 0 Å². The molecule has 0 bridgehead atoms. The molecule has 96 valence electrons. The number of aliphatic carboxylic acids is 1.